The summed E-state index contributed by atoms with van der Waals surface area (Å²) in [7, 11) is 0. The number of nitrogens with zero attached hydrogens (tertiary/aromatic N) is 5. The molecule has 0 unspecified atom stereocenters. The summed E-state index contributed by atoms with van der Waals surface area (Å²) < 4.78 is 1.99. The Kier molecular flexibility index (Phi) is 6.23. The zero-order chi connectivity index (χ0) is 19.1. The Morgan fingerprint density at radius 1 is 1.11 bits per heavy atom. The van der Waals surface area contributed by atoms with Crippen LogP contribution in [0.2, 0.25) is 0 Å². The summed E-state index contributed by atoms with van der Waals surface area (Å²) in [6.45, 7) is 2.74. The zero-order valence-corrected chi connectivity index (χ0v) is 15.8. The number of hydrogen-bond acceptors (Lipinski definition) is 5. The quantitative estimate of drug-likeness (QED) is 0.464. The van der Waals surface area contributed by atoms with E-state index in [0.717, 1.165) is 11.4 Å². The summed E-state index contributed by atoms with van der Waals surface area (Å²) in [5, 5.41) is 18.3. The van der Waals surface area contributed by atoms with Gasteiger partial charge in [-0.15, -0.1) is 10.2 Å². The van der Waals surface area contributed by atoms with E-state index in [0.29, 0.717) is 17.4 Å². The van der Waals surface area contributed by atoms with Gasteiger partial charge in [-0.05, 0) is 19.1 Å². The summed E-state index contributed by atoms with van der Waals surface area (Å²) in [5.41, 5.74) is 1.70. The molecule has 1 aromatic heterocycles. The molecule has 0 N–H and O–H groups in total. The predicted molar refractivity (Wildman–Crippen MR) is 106 cm³/mol. The van der Waals surface area contributed by atoms with Gasteiger partial charge in [0, 0.05) is 17.8 Å². The summed E-state index contributed by atoms with van der Waals surface area (Å²) in [6.07, 6.45) is 0. The van der Waals surface area contributed by atoms with E-state index >= 15 is 0 Å². The summed E-state index contributed by atoms with van der Waals surface area (Å²) in [6, 6.07) is 21.1. The monoisotopic (exact) mass is 377 g/mol. The van der Waals surface area contributed by atoms with Crippen LogP contribution in [0.15, 0.2) is 65.8 Å². The van der Waals surface area contributed by atoms with Crippen molar-refractivity contribution in [1.82, 2.24) is 14.8 Å². The van der Waals surface area contributed by atoms with Gasteiger partial charge in [-0.25, -0.2) is 0 Å². The second kappa shape index (κ2) is 9.01. The second-order valence-electron chi connectivity index (χ2n) is 5.68. The highest BCUT2D eigenvalue weighted by atomic mass is 32.2. The average Bonchev–Trinajstić information content (AvgIpc) is 3.14. The molecule has 0 spiro atoms. The van der Waals surface area contributed by atoms with E-state index in [4.69, 9.17) is 5.26 Å². The molecule has 1 heterocycles. The largest absolute Gasteiger partial charge is 0.302 e. The molecular formula is C20H19N5OS. The molecule has 0 atom stereocenters. The van der Waals surface area contributed by atoms with Crippen LogP contribution in [-0.4, -0.2) is 33.0 Å². The van der Waals surface area contributed by atoms with Gasteiger partial charge >= 0.3 is 0 Å². The van der Waals surface area contributed by atoms with Crippen molar-refractivity contribution in [3.05, 3.63) is 60.7 Å². The van der Waals surface area contributed by atoms with E-state index in [9.17, 15) is 4.79 Å². The van der Waals surface area contributed by atoms with E-state index in [1.54, 1.807) is 0 Å². The fourth-order valence-electron chi connectivity index (χ4n) is 2.69. The molecule has 0 bridgehead atoms. The molecule has 1 amide bonds. The molecule has 0 aliphatic heterocycles. The Bertz CT molecular complexity index is 934. The maximum absolute atomic E-state index is 12.7. The molecule has 0 saturated heterocycles. The van der Waals surface area contributed by atoms with Crippen LogP contribution in [0.3, 0.4) is 0 Å². The zero-order valence-electron chi connectivity index (χ0n) is 14.9. The van der Waals surface area contributed by atoms with Crippen LogP contribution in [0, 0.1) is 11.3 Å². The van der Waals surface area contributed by atoms with Crippen LogP contribution in [0.5, 0.6) is 0 Å². The fourth-order valence-corrected chi connectivity index (χ4v) is 3.57. The third-order valence-electron chi connectivity index (χ3n) is 3.99. The number of para-hydroxylation sites is 1. The van der Waals surface area contributed by atoms with E-state index in [-0.39, 0.29) is 18.2 Å². The van der Waals surface area contributed by atoms with Crippen LogP contribution >= 0.6 is 11.8 Å². The Morgan fingerprint density at radius 3 is 2.41 bits per heavy atom. The van der Waals surface area contributed by atoms with Crippen LogP contribution in [0.25, 0.3) is 11.4 Å². The van der Waals surface area contributed by atoms with Gasteiger partial charge in [-0.3, -0.25) is 9.69 Å². The van der Waals surface area contributed by atoms with Crippen LogP contribution < -0.4 is 4.90 Å². The maximum atomic E-state index is 12.7. The molecule has 6 nitrogen and oxygen atoms in total. The molecule has 7 heteroatoms. The Labute approximate surface area is 162 Å². The third kappa shape index (κ3) is 4.36. The van der Waals surface area contributed by atoms with E-state index < -0.39 is 0 Å². The Morgan fingerprint density at radius 2 is 1.78 bits per heavy atom. The Balaban J connectivity index is 1.75. The van der Waals surface area contributed by atoms with Crippen molar-refractivity contribution in [3.8, 4) is 17.5 Å². The molecule has 0 radical (unpaired) electrons. The van der Waals surface area contributed by atoms with Crippen molar-refractivity contribution in [2.24, 2.45) is 0 Å². The number of anilines is 1. The minimum Gasteiger partial charge on any atom is -0.302 e. The van der Waals surface area contributed by atoms with Gasteiger partial charge in [0.15, 0.2) is 11.0 Å². The van der Waals surface area contributed by atoms with Crippen LogP contribution in [0.1, 0.15) is 6.92 Å². The number of rotatable bonds is 7. The van der Waals surface area contributed by atoms with Gasteiger partial charge in [0.1, 0.15) is 6.54 Å². The predicted octanol–water partition coefficient (Wildman–Crippen LogP) is 3.61. The highest BCUT2D eigenvalue weighted by Crippen LogP contribution is 2.24. The molecular weight excluding hydrogens is 358 g/mol. The topological polar surface area (TPSA) is 74.8 Å². The number of carbonyl (C=O) groups is 1. The number of amides is 1. The van der Waals surface area contributed by atoms with Crippen molar-refractivity contribution in [1.29, 1.82) is 5.26 Å². The first-order chi connectivity index (χ1) is 13.2. The van der Waals surface area contributed by atoms with Gasteiger partial charge in [-0.1, -0.05) is 60.3 Å². The fraction of sp³-hybridized carbons (Fsp3) is 0.200. The Hall–Kier alpha value is -3.11. The van der Waals surface area contributed by atoms with Gasteiger partial charge in [0.05, 0.1) is 11.8 Å². The third-order valence-corrected chi connectivity index (χ3v) is 4.94. The number of hydrogen-bond donors (Lipinski definition) is 0. The first-order valence-electron chi connectivity index (χ1n) is 8.58. The van der Waals surface area contributed by atoms with Crippen molar-refractivity contribution in [2.75, 3.05) is 17.2 Å². The van der Waals surface area contributed by atoms with E-state index in [2.05, 4.69) is 16.3 Å². The molecule has 0 saturated carbocycles. The second-order valence-corrected chi connectivity index (χ2v) is 6.62. The molecule has 136 valence electrons. The van der Waals surface area contributed by atoms with Gasteiger partial charge in [0.2, 0.25) is 5.91 Å². The van der Waals surface area contributed by atoms with Crippen molar-refractivity contribution in [3.63, 3.8) is 0 Å². The summed E-state index contributed by atoms with van der Waals surface area (Å²) in [4.78, 5) is 14.2. The van der Waals surface area contributed by atoms with Crippen molar-refractivity contribution >= 4 is 23.4 Å². The smallest absolute Gasteiger partial charge is 0.238 e. The number of thioether (sulfide) groups is 1. The maximum Gasteiger partial charge on any atom is 0.238 e. The van der Waals surface area contributed by atoms with Gasteiger partial charge in [-0.2, -0.15) is 5.26 Å². The lowest BCUT2D eigenvalue weighted by Gasteiger charge is -2.19. The number of nitriles is 1. The minimum absolute atomic E-state index is 0.0130. The van der Waals surface area contributed by atoms with Gasteiger partial charge < -0.3 is 4.57 Å². The molecule has 2 aromatic carbocycles. The number of benzene rings is 2. The summed E-state index contributed by atoms with van der Waals surface area (Å²) >= 11 is 1.33. The molecule has 0 fully saturated rings. The molecule has 0 aliphatic carbocycles. The molecule has 27 heavy (non-hydrogen) atoms. The highest BCUT2D eigenvalue weighted by molar-refractivity contribution is 7.99. The van der Waals surface area contributed by atoms with E-state index in [1.165, 1.54) is 16.7 Å². The van der Waals surface area contributed by atoms with Crippen LogP contribution in [0.4, 0.5) is 5.69 Å². The summed E-state index contributed by atoms with van der Waals surface area (Å²) in [5.74, 6) is 0.827. The molecule has 3 aromatic rings. The van der Waals surface area contributed by atoms with Gasteiger partial charge in [0.25, 0.3) is 0 Å². The first kappa shape index (κ1) is 18.7. The lowest BCUT2D eigenvalue weighted by molar-refractivity contribution is -0.116. The van der Waals surface area contributed by atoms with Crippen LogP contribution in [-0.2, 0) is 11.3 Å². The first-order valence-corrected chi connectivity index (χ1v) is 9.57. The SMILES string of the molecule is CCn1c(SCC(=O)N(CC#N)c2ccccc2)nnc1-c1ccccc1. The lowest BCUT2D eigenvalue weighted by Crippen LogP contribution is -2.32. The standard InChI is InChI=1S/C20H19N5OS/c1-2-24-19(16-9-5-3-6-10-16)22-23-20(24)27-15-18(26)25(14-13-21)17-11-7-4-8-12-17/h3-12H,2,14-15H2,1H3. The van der Waals surface area contributed by atoms with E-state index in [1.807, 2.05) is 72.2 Å². The van der Waals surface area contributed by atoms with Crippen molar-refractivity contribution < 1.29 is 4.79 Å². The average molecular weight is 377 g/mol. The normalized spacial score (nSPS) is 10.4. The molecule has 3 rings (SSSR count). The molecule has 0 aliphatic rings. The highest BCUT2D eigenvalue weighted by Gasteiger charge is 2.18. The minimum atomic E-state index is -0.139. The number of aromatic nitrogens is 3. The van der Waals surface area contributed by atoms with Crippen molar-refractivity contribution in [2.45, 2.75) is 18.6 Å². The lowest BCUT2D eigenvalue weighted by atomic mass is 10.2. The number of carbonyl (C=O) groups excluding carboxylic acids is 1.